The molecule has 2 aliphatic rings. The molecule has 2 fully saturated rings. The molecule has 2 unspecified atom stereocenters. The van der Waals surface area contributed by atoms with Gasteiger partial charge in [0.2, 0.25) is 0 Å². The first-order chi connectivity index (χ1) is 5.86. The topological polar surface area (TPSA) is 20.2 Å². The van der Waals surface area contributed by atoms with Gasteiger partial charge in [0, 0.05) is 0 Å². The van der Waals surface area contributed by atoms with Gasteiger partial charge in [-0.05, 0) is 31.1 Å². The van der Waals surface area contributed by atoms with Crippen molar-refractivity contribution in [1.29, 1.82) is 0 Å². The van der Waals surface area contributed by atoms with Crippen LogP contribution in [0.5, 0.6) is 0 Å². The summed E-state index contributed by atoms with van der Waals surface area (Å²) >= 11 is 0. The third-order valence-corrected chi connectivity index (χ3v) is 3.74. The Hall–Kier alpha value is -0.0400. The van der Waals surface area contributed by atoms with E-state index in [-0.39, 0.29) is 6.10 Å². The van der Waals surface area contributed by atoms with E-state index in [0.717, 1.165) is 12.3 Å². The molecule has 0 aromatic heterocycles. The van der Waals surface area contributed by atoms with E-state index in [0.29, 0.717) is 5.92 Å². The van der Waals surface area contributed by atoms with Crippen molar-refractivity contribution in [3.8, 4) is 0 Å². The number of aliphatic hydroxyl groups excluding tert-OH is 1. The molecule has 2 aliphatic carbocycles. The lowest BCUT2D eigenvalue weighted by atomic mass is 9.73. The average molecular weight is 168 g/mol. The van der Waals surface area contributed by atoms with Crippen LogP contribution < -0.4 is 0 Å². The monoisotopic (exact) mass is 168 g/mol. The maximum atomic E-state index is 9.44. The van der Waals surface area contributed by atoms with E-state index in [1.165, 1.54) is 44.9 Å². The van der Waals surface area contributed by atoms with Gasteiger partial charge in [0.25, 0.3) is 0 Å². The van der Waals surface area contributed by atoms with E-state index in [9.17, 15) is 5.11 Å². The summed E-state index contributed by atoms with van der Waals surface area (Å²) in [5.41, 5.74) is 0. The quantitative estimate of drug-likeness (QED) is 0.672. The fourth-order valence-electron chi connectivity index (χ4n) is 2.68. The van der Waals surface area contributed by atoms with Crippen LogP contribution in [0.2, 0.25) is 0 Å². The van der Waals surface area contributed by atoms with E-state index >= 15 is 0 Å². The van der Waals surface area contributed by atoms with Crippen molar-refractivity contribution in [2.75, 3.05) is 0 Å². The van der Waals surface area contributed by atoms with Crippen LogP contribution in [0.1, 0.15) is 51.4 Å². The Bertz CT molecular complexity index is 138. The molecule has 0 aliphatic heterocycles. The van der Waals surface area contributed by atoms with Gasteiger partial charge in [0.15, 0.2) is 0 Å². The van der Waals surface area contributed by atoms with Crippen LogP contribution in [0, 0.1) is 11.8 Å². The van der Waals surface area contributed by atoms with Gasteiger partial charge in [-0.25, -0.2) is 0 Å². The molecule has 0 spiro atoms. The van der Waals surface area contributed by atoms with E-state index < -0.39 is 0 Å². The lowest BCUT2D eigenvalue weighted by molar-refractivity contribution is 0.00741. The highest BCUT2D eigenvalue weighted by Crippen LogP contribution is 2.37. The number of hydrogen-bond donors (Lipinski definition) is 1. The first-order valence-electron chi connectivity index (χ1n) is 5.54. The Morgan fingerprint density at radius 1 is 0.917 bits per heavy atom. The SMILES string of the molecule is OC1CCC1CC1CCCCC1. The molecule has 1 nitrogen and oxygen atoms in total. The lowest BCUT2D eigenvalue weighted by Gasteiger charge is -2.36. The first-order valence-corrected chi connectivity index (χ1v) is 5.54. The zero-order valence-corrected chi connectivity index (χ0v) is 7.84. The maximum absolute atomic E-state index is 9.44. The summed E-state index contributed by atoms with van der Waals surface area (Å²) in [7, 11) is 0. The molecule has 2 saturated carbocycles. The zero-order valence-electron chi connectivity index (χ0n) is 7.84. The van der Waals surface area contributed by atoms with Crippen molar-refractivity contribution in [2.45, 2.75) is 57.5 Å². The Morgan fingerprint density at radius 2 is 1.67 bits per heavy atom. The summed E-state index contributed by atoms with van der Waals surface area (Å²) in [4.78, 5) is 0. The molecule has 0 radical (unpaired) electrons. The molecular formula is C11H20O. The lowest BCUT2D eigenvalue weighted by Crippen LogP contribution is -2.33. The summed E-state index contributed by atoms with van der Waals surface area (Å²) in [6.45, 7) is 0. The van der Waals surface area contributed by atoms with Crippen LogP contribution in [-0.4, -0.2) is 11.2 Å². The molecule has 70 valence electrons. The summed E-state index contributed by atoms with van der Waals surface area (Å²) in [5, 5.41) is 9.44. The molecule has 0 aromatic rings. The van der Waals surface area contributed by atoms with E-state index in [2.05, 4.69) is 0 Å². The predicted molar refractivity (Wildman–Crippen MR) is 49.9 cm³/mol. The van der Waals surface area contributed by atoms with Crippen molar-refractivity contribution in [3.05, 3.63) is 0 Å². The second kappa shape index (κ2) is 3.78. The first kappa shape index (κ1) is 8.55. The molecule has 0 bridgehead atoms. The Labute approximate surface area is 75.2 Å². The van der Waals surface area contributed by atoms with Crippen LogP contribution >= 0.6 is 0 Å². The summed E-state index contributed by atoms with van der Waals surface area (Å²) < 4.78 is 0. The average Bonchev–Trinajstić information content (AvgIpc) is 2.14. The fraction of sp³-hybridized carbons (Fsp3) is 1.00. The molecule has 1 N–H and O–H groups in total. The minimum Gasteiger partial charge on any atom is -0.393 e. The molecule has 2 rings (SSSR count). The second-order valence-corrected chi connectivity index (χ2v) is 4.64. The van der Waals surface area contributed by atoms with Gasteiger partial charge >= 0.3 is 0 Å². The van der Waals surface area contributed by atoms with Crippen molar-refractivity contribution in [1.82, 2.24) is 0 Å². The summed E-state index contributed by atoms with van der Waals surface area (Å²) in [5.74, 6) is 1.63. The molecule has 1 heteroatoms. The number of rotatable bonds is 2. The predicted octanol–water partition coefficient (Wildman–Crippen LogP) is 2.73. The zero-order chi connectivity index (χ0) is 8.39. The summed E-state index contributed by atoms with van der Waals surface area (Å²) in [6.07, 6.45) is 10.9. The molecule has 0 aromatic carbocycles. The second-order valence-electron chi connectivity index (χ2n) is 4.64. The highest BCUT2D eigenvalue weighted by molar-refractivity contribution is 4.82. The third-order valence-electron chi connectivity index (χ3n) is 3.74. The Balaban J connectivity index is 1.70. The molecular weight excluding hydrogens is 148 g/mol. The maximum Gasteiger partial charge on any atom is 0.0568 e. The fourth-order valence-corrected chi connectivity index (χ4v) is 2.68. The van der Waals surface area contributed by atoms with Gasteiger partial charge in [-0.15, -0.1) is 0 Å². The standard InChI is InChI=1S/C11H20O/c12-11-7-6-10(11)8-9-4-2-1-3-5-9/h9-12H,1-8H2. The largest absolute Gasteiger partial charge is 0.393 e. The van der Waals surface area contributed by atoms with Gasteiger partial charge in [0.1, 0.15) is 0 Å². The van der Waals surface area contributed by atoms with E-state index in [1.54, 1.807) is 0 Å². The highest BCUT2D eigenvalue weighted by atomic mass is 16.3. The molecule has 12 heavy (non-hydrogen) atoms. The smallest absolute Gasteiger partial charge is 0.0568 e. The molecule has 0 amide bonds. The Morgan fingerprint density at radius 3 is 2.17 bits per heavy atom. The van der Waals surface area contributed by atoms with Crippen molar-refractivity contribution in [3.63, 3.8) is 0 Å². The van der Waals surface area contributed by atoms with Crippen molar-refractivity contribution in [2.24, 2.45) is 11.8 Å². The van der Waals surface area contributed by atoms with Gasteiger partial charge in [0.05, 0.1) is 6.10 Å². The van der Waals surface area contributed by atoms with Crippen LogP contribution in [-0.2, 0) is 0 Å². The molecule has 2 atom stereocenters. The summed E-state index contributed by atoms with van der Waals surface area (Å²) in [6, 6.07) is 0. The third kappa shape index (κ3) is 1.82. The molecule has 0 saturated heterocycles. The van der Waals surface area contributed by atoms with E-state index in [4.69, 9.17) is 0 Å². The van der Waals surface area contributed by atoms with Gasteiger partial charge in [-0.3, -0.25) is 0 Å². The minimum atomic E-state index is 0.0620. The van der Waals surface area contributed by atoms with Crippen LogP contribution in [0.15, 0.2) is 0 Å². The van der Waals surface area contributed by atoms with Crippen LogP contribution in [0.4, 0.5) is 0 Å². The number of hydrogen-bond acceptors (Lipinski definition) is 1. The molecule has 0 heterocycles. The minimum absolute atomic E-state index is 0.0620. The van der Waals surface area contributed by atoms with Gasteiger partial charge in [-0.1, -0.05) is 32.1 Å². The van der Waals surface area contributed by atoms with Crippen LogP contribution in [0.25, 0.3) is 0 Å². The van der Waals surface area contributed by atoms with Crippen LogP contribution in [0.3, 0.4) is 0 Å². The highest BCUT2D eigenvalue weighted by Gasteiger charge is 2.31. The van der Waals surface area contributed by atoms with Crippen molar-refractivity contribution < 1.29 is 5.11 Å². The van der Waals surface area contributed by atoms with Gasteiger partial charge < -0.3 is 5.11 Å². The van der Waals surface area contributed by atoms with Gasteiger partial charge in [-0.2, -0.15) is 0 Å². The Kier molecular flexibility index (Phi) is 2.69. The number of aliphatic hydroxyl groups is 1. The normalized spacial score (nSPS) is 37.8. The van der Waals surface area contributed by atoms with Crippen molar-refractivity contribution >= 4 is 0 Å². The van der Waals surface area contributed by atoms with E-state index in [1.807, 2.05) is 0 Å².